The highest BCUT2D eigenvalue weighted by atomic mass is 16.6. The Labute approximate surface area is 223 Å². The number of benzene rings is 2. The number of non-ortho nitro benzene ring substituents is 1. The summed E-state index contributed by atoms with van der Waals surface area (Å²) in [7, 11) is 0. The molecule has 0 bridgehead atoms. The number of hydrogen-bond acceptors (Lipinski definition) is 6. The van der Waals surface area contributed by atoms with Gasteiger partial charge in [-0.2, -0.15) is 0 Å². The summed E-state index contributed by atoms with van der Waals surface area (Å²) in [6, 6.07) is 15.1. The highest BCUT2D eigenvalue weighted by Gasteiger charge is 2.65. The molecule has 0 radical (unpaired) electrons. The molecule has 4 rings (SSSR count). The first-order valence-corrected chi connectivity index (χ1v) is 13.3. The number of aliphatic carboxylic acids is 2. The van der Waals surface area contributed by atoms with Crippen LogP contribution in [-0.4, -0.2) is 63.7 Å². The summed E-state index contributed by atoms with van der Waals surface area (Å²) in [6.07, 6.45) is 2.15. The van der Waals surface area contributed by atoms with Gasteiger partial charge in [-0.15, -0.1) is 0 Å². The maximum Gasteiger partial charge on any atom is 0.311 e. The molecule has 9 heteroatoms. The van der Waals surface area contributed by atoms with Crippen molar-refractivity contribution in [1.29, 1.82) is 0 Å². The van der Waals surface area contributed by atoms with Crippen LogP contribution in [0, 0.1) is 20.9 Å². The first kappa shape index (κ1) is 27.7. The van der Waals surface area contributed by atoms with Crippen LogP contribution < -0.4 is 5.32 Å². The fourth-order valence-electron chi connectivity index (χ4n) is 6.84. The molecule has 0 saturated carbocycles. The smallest absolute Gasteiger partial charge is 0.311 e. The van der Waals surface area contributed by atoms with Crippen molar-refractivity contribution in [2.45, 2.75) is 64.0 Å². The molecule has 0 amide bonds. The van der Waals surface area contributed by atoms with Crippen molar-refractivity contribution in [2.75, 3.05) is 19.6 Å². The molecule has 9 nitrogen and oxygen atoms in total. The van der Waals surface area contributed by atoms with Gasteiger partial charge in [0.25, 0.3) is 5.69 Å². The molecule has 2 aromatic carbocycles. The van der Waals surface area contributed by atoms with Crippen LogP contribution in [0.5, 0.6) is 0 Å². The number of carboxylic acids is 2. The highest BCUT2D eigenvalue weighted by molar-refractivity contribution is 5.84. The molecule has 2 fully saturated rings. The van der Waals surface area contributed by atoms with E-state index in [2.05, 4.69) is 22.3 Å². The van der Waals surface area contributed by atoms with Gasteiger partial charge in [-0.25, -0.2) is 0 Å². The minimum atomic E-state index is -1.51. The van der Waals surface area contributed by atoms with Crippen LogP contribution in [0.3, 0.4) is 0 Å². The Kier molecular flexibility index (Phi) is 7.90. The molecule has 2 aliphatic rings. The summed E-state index contributed by atoms with van der Waals surface area (Å²) in [5.41, 5.74) is -1.51. The van der Waals surface area contributed by atoms with E-state index < -0.39 is 45.7 Å². The van der Waals surface area contributed by atoms with Crippen molar-refractivity contribution in [3.8, 4) is 0 Å². The molecule has 2 aromatic rings. The Balaban J connectivity index is 1.68. The number of nitro benzene ring substituents is 1. The minimum Gasteiger partial charge on any atom is -0.481 e. The molecule has 2 heterocycles. The van der Waals surface area contributed by atoms with Crippen LogP contribution in [0.25, 0.3) is 0 Å². The summed E-state index contributed by atoms with van der Waals surface area (Å²) >= 11 is 0. The number of piperidine rings is 2. The second-order valence-corrected chi connectivity index (χ2v) is 11.1. The monoisotopic (exact) mass is 523 g/mol. The van der Waals surface area contributed by atoms with Gasteiger partial charge in [0, 0.05) is 30.1 Å². The van der Waals surface area contributed by atoms with Crippen molar-refractivity contribution in [2.24, 2.45) is 10.8 Å². The van der Waals surface area contributed by atoms with Crippen LogP contribution in [0.15, 0.2) is 54.6 Å². The Morgan fingerprint density at radius 3 is 2.21 bits per heavy atom. The van der Waals surface area contributed by atoms with Crippen molar-refractivity contribution in [3.63, 3.8) is 0 Å². The van der Waals surface area contributed by atoms with Gasteiger partial charge in [-0.3, -0.25) is 19.7 Å². The zero-order chi connectivity index (χ0) is 27.7. The SMILES string of the molecule is CC1NC(C)C(CCN2CCC(c3ccccc3)CC2)(C(=O)O)C(c2cccc([N+](=O)[O-])c2)C1(C)C(=O)O. The molecule has 3 N–H and O–H groups in total. The Bertz CT molecular complexity index is 1180. The Morgan fingerprint density at radius 2 is 1.63 bits per heavy atom. The van der Waals surface area contributed by atoms with Gasteiger partial charge in [0.2, 0.25) is 0 Å². The fourth-order valence-corrected chi connectivity index (χ4v) is 6.84. The van der Waals surface area contributed by atoms with E-state index in [1.807, 2.05) is 18.2 Å². The van der Waals surface area contributed by atoms with Crippen LogP contribution in [0.4, 0.5) is 5.69 Å². The van der Waals surface area contributed by atoms with E-state index >= 15 is 0 Å². The third-order valence-corrected chi connectivity index (χ3v) is 9.26. The van der Waals surface area contributed by atoms with Gasteiger partial charge in [-0.1, -0.05) is 42.5 Å². The number of nitrogens with zero attached hydrogens (tertiary/aromatic N) is 2. The third kappa shape index (κ3) is 4.80. The largest absolute Gasteiger partial charge is 0.481 e. The van der Waals surface area contributed by atoms with E-state index in [1.165, 1.54) is 23.8 Å². The van der Waals surface area contributed by atoms with Crippen LogP contribution >= 0.6 is 0 Å². The topological polar surface area (TPSA) is 133 Å². The lowest BCUT2D eigenvalue weighted by atomic mass is 9.51. The predicted octanol–water partition coefficient (Wildman–Crippen LogP) is 4.49. The number of carbonyl (C=O) groups is 2. The normalized spacial score (nSPS) is 30.6. The van der Waals surface area contributed by atoms with E-state index in [0.717, 1.165) is 25.9 Å². The van der Waals surface area contributed by atoms with Crippen molar-refractivity contribution >= 4 is 17.6 Å². The van der Waals surface area contributed by atoms with Gasteiger partial charge in [0.1, 0.15) is 0 Å². The minimum absolute atomic E-state index is 0.184. The summed E-state index contributed by atoms with van der Waals surface area (Å²) in [5, 5.41) is 36.1. The van der Waals surface area contributed by atoms with Gasteiger partial charge < -0.3 is 20.4 Å². The van der Waals surface area contributed by atoms with E-state index in [1.54, 1.807) is 26.8 Å². The summed E-state index contributed by atoms with van der Waals surface area (Å²) in [4.78, 5) is 39.3. The predicted molar refractivity (Wildman–Crippen MR) is 143 cm³/mol. The number of nitrogens with one attached hydrogen (secondary N) is 1. The molecular formula is C29H37N3O6. The second-order valence-electron chi connectivity index (χ2n) is 11.1. The average Bonchev–Trinajstić information content (AvgIpc) is 2.90. The molecule has 5 atom stereocenters. The lowest BCUT2D eigenvalue weighted by molar-refractivity contribution is -0.385. The second kappa shape index (κ2) is 10.8. The number of carboxylic acid groups (broad SMARTS) is 2. The molecular weight excluding hydrogens is 486 g/mol. The lowest BCUT2D eigenvalue weighted by Gasteiger charge is -2.56. The van der Waals surface area contributed by atoms with Gasteiger partial charge >= 0.3 is 11.9 Å². The average molecular weight is 524 g/mol. The molecule has 204 valence electrons. The molecule has 5 unspecified atom stereocenters. The first-order valence-electron chi connectivity index (χ1n) is 13.3. The van der Waals surface area contributed by atoms with Crippen molar-refractivity contribution < 1.29 is 24.7 Å². The van der Waals surface area contributed by atoms with Crippen molar-refractivity contribution in [1.82, 2.24) is 10.2 Å². The van der Waals surface area contributed by atoms with E-state index in [-0.39, 0.29) is 12.1 Å². The third-order valence-electron chi connectivity index (χ3n) is 9.26. The van der Waals surface area contributed by atoms with E-state index in [0.29, 0.717) is 18.0 Å². The van der Waals surface area contributed by atoms with Crippen LogP contribution in [0.1, 0.15) is 63.0 Å². The Hall–Kier alpha value is -3.30. The summed E-state index contributed by atoms with van der Waals surface area (Å²) < 4.78 is 0. The van der Waals surface area contributed by atoms with E-state index in [4.69, 9.17) is 0 Å². The fraction of sp³-hybridized carbons (Fsp3) is 0.517. The first-order chi connectivity index (χ1) is 18.0. The maximum absolute atomic E-state index is 13.2. The zero-order valence-corrected chi connectivity index (χ0v) is 22.2. The number of rotatable bonds is 8. The van der Waals surface area contributed by atoms with Crippen molar-refractivity contribution in [3.05, 3.63) is 75.8 Å². The standard InChI is InChI=1S/C29H37N3O6/c1-19-28(3,26(33)34)25(23-10-7-11-24(18-23)32(37)38)29(27(35)36,20(2)30-19)14-17-31-15-12-22(13-16-31)21-8-5-4-6-9-21/h4-11,18-20,22,25,30H,12-17H2,1-3H3,(H,33,34)(H,35,36). The summed E-state index contributed by atoms with van der Waals surface area (Å²) in [6.45, 7) is 7.24. The van der Waals surface area contributed by atoms with Gasteiger partial charge in [0.15, 0.2) is 0 Å². The molecule has 0 spiro atoms. The quantitative estimate of drug-likeness (QED) is 0.340. The van der Waals surface area contributed by atoms with Gasteiger partial charge in [-0.05, 0) is 76.7 Å². The zero-order valence-electron chi connectivity index (χ0n) is 22.2. The molecule has 0 aromatic heterocycles. The molecule has 0 aliphatic carbocycles. The Morgan fingerprint density at radius 1 is 1.00 bits per heavy atom. The number of likely N-dealkylation sites (tertiary alicyclic amines) is 1. The van der Waals surface area contributed by atoms with Crippen LogP contribution in [0.2, 0.25) is 0 Å². The van der Waals surface area contributed by atoms with Crippen LogP contribution in [-0.2, 0) is 9.59 Å². The molecule has 2 aliphatic heterocycles. The number of nitro groups is 1. The summed E-state index contributed by atoms with van der Waals surface area (Å²) in [5.74, 6) is -2.74. The van der Waals surface area contributed by atoms with Gasteiger partial charge in [0.05, 0.1) is 15.8 Å². The number of hydrogen-bond donors (Lipinski definition) is 3. The molecule has 38 heavy (non-hydrogen) atoms. The van der Waals surface area contributed by atoms with E-state index in [9.17, 15) is 29.9 Å². The maximum atomic E-state index is 13.2. The lowest BCUT2D eigenvalue weighted by Crippen LogP contribution is -2.69. The molecule has 2 saturated heterocycles. The highest BCUT2D eigenvalue weighted by Crippen LogP contribution is 2.57.